The summed E-state index contributed by atoms with van der Waals surface area (Å²) in [6.07, 6.45) is 1.29. The van der Waals surface area contributed by atoms with Crippen molar-refractivity contribution in [3.05, 3.63) is 23.8 Å². The van der Waals surface area contributed by atoms with Crippen molar-refractivity contribution in [2.45, 2.75) is 32.4 Å². The molecule has 19 heavy (non-hydrogen) atoms. The first-order valence-corrected chi connectivity index (χ1v) is 6.67. The summed E-state index contributed by atoms with van der Waals surface area (Å²) in [6, 6.07) is 6.08. The first-order chi connectivity index (χ1) is 9.15. The third-order valence-corrected chi connectivity index (χ3v) is 3.28. The lowest BCUT2D eigenvalue weighted by Gasteiger charge is -2.20. The summed E-state index contributed by atoms with van der Waals surface area (Å²) < 4.78 is 16.4. The molecule has 0 heterocycles. The Hall–Kier alpha value is -1.26. The summed E-state index contributed by atoms with van der Waals surface area (Å²) >= 11 is 0. The standard InChI is InChI=1S/C15H25NO3/c1-6-11(2)19-10-13(16-3)12-7-8-14(17-4)15(9-12)18-5/h7-9,11,13,16H,6,10H2,1-5H3. The van der Waals surface area contributed by atoms with Crippen LogP contribution in [0.4, 0.5) is 0 Å². The molecule has 1 N–H and O–H groups in total. The number of methoxy groups -OCH3 is 2. The van der Waals surface area contributed by atoms with E-state index >= 15 is 0 Å². The number of hydrogen-bond acceptors (Lipinski definition) is 4. The van der Waals surface area contributed by atoms with Gasteiger partial charge in [0.25, 0.3) is 0 Å². The Morgan fingerprint density at radius 1 is 1.16 bits per heavy atom. The zero-order valence-corrected chi connectivity index (χ0v) is 12.5. The predicted molar refractivity (Wildman–Crippen MR) is 77.1 cm³/mol. The van der Waals surface area contributed by atoms with Gasteiger partial charge in [-0.25, -0.2) is 0 Å². The summed E-state index contributed by atoms with van der Waals surface area (Å²) in [6.45, 7) is 4.85. The number of likely N-dealkylation sites (N-methyl/N-ethyl adjacent to an activating group) is 1. The van der Waals surface area contributed by atoms with E-state index in [9.17, 15) is 0 Å². The molecule has 2 atom stereocenters. The highest BCUT2D eigenvalue weighted by atomic mass is 16.5. The molecule has 1 aromatic rings. The highest BCUT2D eigenvalue weighted by Gasteiger charge is 2.14. The van der Waals surface area contributed by atoms with Crippen LogP contribution in [0, 0.1) is 0 Å². The van der Waals surface area contributed by atoms with Gasteiger partial charge in [-0.15, -0.1) is 0 Å². The molecule has 0 amide bonds. The molecule has 4 heteroatoms. The number of rotatable bonds is 8. The van der Waals surface area contributed by atoms with Gasteiger partial charge >= 0.3 is 0 Å². The van der Waals surface area contributed by atoms with Crippen LogP contribution in [-0.4, -0.2) is 34.0 Å². The molecule has 4 nitrogen and oxygen atoms in total. The summed E-state index contributed by atoms with van der Waals surface area (Å²) in [4.78, 5) is 0. The largest absolute Gasteiger partial charge is 0.493 e. The molecular formula is C15H25NO3. The molecule has 0 aromatic heterocycles. The van der Waals surface area contributed by atoms with Crippen LogP contribution < -0.4 is 14.8 Å². The van der Waals surface area contributed by atoms with Crippen LogP contribution in [0.1, 0.15) is 31.9 Å². The summed E-state index contributed by atoms with van der Waals surface area (Å²) in [5, 5.41) is 3.27. The Labute approximate surface area is 116 Å². The van der Waals surface area contributed by atoms with E-state index in [0.717, 1.165) is 23.5 Å². The fourth-order valence-corrected chi connectivity index (χ4v) is 1.79. The summed E-state index contributed by atoms with van der Waals surface area (Å²) in [5.41, 5.74) is 1.13. The minimum atomic E-state index is 0.147. The van der Waals surface area contributed by atoms with Gasteiger partial charge < -0.3 is 19.5 Å². The van der Waals surface area contributed by atoms with E-state index < -0.39 is 0 Å². The maximum Gasteiger partial charge on any atom is 0.161 e. The van der Waals surface area contributed by atoms with E-state index in [2.05, 4.69) is 19.2 Å². The Morgan fingerprint density at radius 2 is 1.84 bits per heavy atom. The molecule has 0 saturated heterocycles. The molecule has 0 radical (unpaired) electrons. The van der Waals surface area contributed by atoms with Crippen LogP contribution in [0.5, 0.6) is 11.5 Å². The van der Waals surface area contributed by atoms with Crippen LogP contribution in [0.25, 0.3) is 0 Å². The number of benzene rings is 1. The lowest BCUT2D eigenvalue weighted by Crippen LogP contribution is -2.24. The monoisotopic (exact) mass is 267 g/mol. The average Bonchev–Trinajstić information content (AvgIpc) is 2.47. The smallest absolute Gasteiger partial charge is 0.161 e. The van der Waals surface area contributed by atoms with Crippen molar-refractivity contribution in [3.8, 4) is 11.5 Å². The fraction of sp³-hybridized carbons (Fsp3) is 0.600. The molecule has 1 rings (SSSR count). The zero-order valence-electron chi connectivity index (χ0n) is 12.5. The molecule has 0 aliphatic rings. The quantitative estimate of drug-likeness (QED) is 0.786. The predicted octanol–water partition coefficient (Wildman–Crippen LogP) is 2.78. The molecule has 108 valence electrons. The Balaban J connectivity index is 2.80. The minimum absolute atomic E-state index is 0.147. The van der Waals surface area contributed by atoms with Gasteiger partial charge in [-0.1, -0.05) is 13.0 Å². The van der Waals surface area contributed by atoms with Crippen molar-refractivity contribution in [1.29, 1.82) is 0 Å². The second-order valence-corrected chi connectivity index (χ2v) is 4.51. The third kappa shape index (κ3) is 4.40. The van der Waals surface area contributed by atoms with Crippen LogP contribution in [-0.2, 0) is 4.74 Å². The maximum atomic E-state index is 5.79. The first-order valence-electron chi connectivity index (χ1n) is 6.67. The lowest BCUT2D eigenvalue weighted by atomic mass is 10.1. The number of hydrogen-bond donors (Lipinski definition) is 1. The van der Waals surface area contributed by atoms with E-state index in [1.165, 1.54) is 0 Å². The van der Waals surface area contributed by atoms with E-state index in [-0.39, 0.29) is 12.1 Å². The molecule has 0 saturated carbocycles. The Kier molecular flexibility index (Phi) is 6.67. The van der Waals surface area contributed by atoms with E-state index in [0.29, 0.717) is 6.61 Å². The van der Waals surface area contributed by atoms with Gasteiger partial charge in [0.05, 0.1) is 33.0 Å². The Bertz CT molecular complexity index is 382. The van der Waals surface area contributed by atoms with Crippen molar-refractivity contribution >= 4 is 0 Å². The highest BCUT2D eigenvalue weighted by Crippen LogP contribution is 2.30. The van der Waals surface area contributed by atoms with Crippen molar-refractivity contribution in [1.82, 2.24) is 5.32 Å². The molecule has 1 aromatic carbocycles. The molecule has 0 aliphatic carbocycles. The SMILES string of the molecule is CCC(C)OCC(NC)c1ccc(OC)c(OC)c1. The van der Waals surface area contributed by atoms with Crippen LogP contribution in [0.15, 0.2) is 18.2 Å². The topological polar surface area (TPSA) is 39.7 Å². The average molecular weight is 267 g/mol. The van der Waals surface area contributed by atoms with Gasteiger partial charge in [-0.05, 0) is 38.1 Å². The van der Waals surface area contributed by atoms with Crippen molar-refractivity contribution in [2.75, 3.05) is 27.9 Å². The molecule has 2 unspecified atom stereocenters. The summed E-state index contributed by atoms with van der Waals surface area (Å²) in [5.74, 6) is 1.48. The second kappa shape index (κ2) is 8.02. The van der Waals surface area contributed by atoms with E-state index in [1.807, 2.05) is 25.2 Å². The molecule has 0 aliphatic heterocycles. The van der Waals surface area contributed by atoms with Gasteiger partial charge in [-0.2, -0.15) is 0 Å². The zero-order chi connectivity index (χ0) is 14.3. The highest BCUT2D eigenvalue weighted by molar-refractivity contribution is 5.43. The normalized spacial score (nSPS) is 13.9. The molecule has 0 bridgehead atoms. The van der Waals surface area contributed by atoms with Crippen molar-refractivity contribution in [2.24, 2.45) is 0 Å². The number of ether oxygens (including phenoxy) is 3. The van der Waals surface area contributed by atoms with E-state index in [4.69, 9.17) is 14.2 Å². The number of nitrogens with one attached hydrogen (secondary N) is 1. The fourth-order valence-electron chi connectivity index (χ4n) is 1.79. The van der Waals surface area contributed by atoms with Crippen molar-refractivity contribution in [3.63, 3.8) is 0 Å². The van der Waals surface area contributed by atoms with Gasteiger partial charge in [0.2, 0.25) is 0 Å². The van der Waals surface area contributed by atoms with Gasteiger partial charge in [-0.3, -0.25) is 0 Å². The first kappa shape index (κ1) is 15.8. The van der Waals surface area contributed by atoms with Crippen LogP contribution in [0.3, 0.4) is 0 Å². The maximum absolute atomic E-state index is 5.79. The van der Waals surface area contributed by atoms with Crippen LogP contribution >= 0.6 is 0 Å². The van der Waals surface area contributed by atoms with Gasteiger partial charge in [0.15, 0.2) is 11.5 Å². The molecule has 0 spiro atoms. The van der Waals surface area contributed by atoms with Gasteiger partial charge in [0.1, 0.15) is 0 Å². The second-order valence-electron chi connectivity index (χ2n) is 4.51. The molecule has 0 fully saturated rings. The lowest BCUT2D eigenvalue weighted by molar-refractivity contribution is 0.0487. The minimum Gasteiger partial charge on any atom is -0.493 e. The van der Waals surface area contributed by atoms with Crippen LogP contribution in [0.2, 0.25) is 0 Å². The summed E-state index contributed by atoms with van der Waals surface area (Å²) in [7, 11) is 5.21. The molecular weight excluding hydrogens is 242 g/mol. The van der Waals surface area contributed by atoms with Gasteiger partial charge in [0, 0.05) is 0 Å². The Morgan fingerprint density at radius 3 is 2.37 bits per heavy atom. The third-order valence-electron chi connectivity index (χ3n) is 3.28. The van der Waals surface area contributed by atoms with Crippen molar-refractivity contribution < 1.29 is 14.2 Å². The van der Waals surface area contributed by atoms with E-state index in [1.54, 1.807) is 14.2 Å².